The van der Waals surface area contributed by atoms with Gasteiger partial charge in [-0.25, -0.2) is 4.79 Å². The lowest BCUT2D eigenvalue weighted by Crippen LogP contribution is -2.27. The summed E-state index contributed by atoms with van der Waals surface area (Å²) in [6.07, 6.45) is 3.65. The number of methoxy groups -OCH3 is 1. The maximum atomic E-state index is 11.3. The van der Waals surface area contributed by atoms with Gasteiger partial charge in [0.2, 0.25) is 5.76 Å². The third kappa shape index (κ3) is 3.10. The molecule has 0 spiro atoms. The molecule has 0 fully saturated rings. The maximum absolute atomic E-state index is 11.3. The van der Waals surface area contributed by atoms with Crippen molar-refractivity contribution in [3.8, 4) is 0 Å². The van der Waals surface area contributed by atoms with Gasteiger partial charge in [0.15, 0.2) is 0 Å². The monoisotopic (exact) mass is 225 g/mol. The van der Waals surface area contributed by atoms with E-state index in [0.29, 0.717) is 18.3 Å². The zero-order valence-electron chi connectivity index (χ0n) is 10.1. The summed E-state index contributed by atoms with van der Waals surface area (Å²) in [6.45, 7) is 4.91. The molecule has 16 heavy (non-hydrogen) atoms. The minimum absolute atomic E-state index is 0.293. The van der Waals surface area contributed by atoms with Crippen molar-refractivity contribution in [3.05, 3.63) is 23.7 Å². The third-order valence-corrected chi connectivity index (χ3v) is 2.68. The van der Waals surface area contributed by atoms with Crippen LogP contribution in [0.3, 0.4) is 0 Å². The van der Waals surface area contributed by atoms with Gasteiger partial charge in [-0.1, -0.05) is 13.8 Å². The van der Waals surface area contributed by atoms with E-state index in [1.165, 1.54) is 13.4 Å². The Morgan fingerprint density at radius 2 is 2.19 bits per heavy atom. The topological polar surface area (TPSA) is 51.5 Å². The highest BCUT2D eigenvalue weighted by atomic mass is 16.5. The molecule has 0 saturated carbocycles. The quantitative estimate of drug-likeness (QED) is 0.755. The van der Waals surface area contributed by atoms with Crippen LogP contribution in [-0.2, 0) is 11.3 Å². The number of carbonyl (C=O) groups is 1. The largest absolute Gasteiger partial charge is 0.463 e. The zero-order valence-corrected chi connectivity index (χ0v) is 10.1. The van der Waals surface area contributed by atoms with E-state index in [4.69, 9.17) is 4.42 Å². The molecule has 0 saturated heterocycles. The Balaban J connectivity index is 2.60. The molecule has 1 heterocycles. The summed E-state index contributed by atoms with van der Waals surface area (Å²) >= 11 is 0. The normalized spacial score (nSPS) is 10.8. The Labute approximate surface area is 96.0 Å². The molecule has 1 rings (SSSR count). The van der Waals surface area contributed by atoms with Gasteiger partial charge in [-0.05, 0) is 18.9 Å². The fourth-order valence-corrected chi connectivity index (χ4v) is 1.58. The molecule has 0 aliphatic heterocycles. The molecule has 0 unspecified atom stereocenters. The highest BCUT2D eigenvalue weighted by Gasteiger charge is 2.15. The minimum atomic E-state index is -0.425. The minimum Gasteiger partial charge on any atom is -0.463 e. The maximum Gasteiger partial charge on any atom is 0.374 e. The molecule has 90 valence electrons. The first-order valence-corrected chi connectivity index (χ1v) is 5.60. The van der Waals surface area contributed by atoms with Crippen LogP contribution in [0.1, 0.15) is 42.8 Å². The van der Waals surface area contributed by atoms with E-state index in [1.54, 1.807) is 6.07 Å². The highest BCUT2D eigenvalue weighted by Crippen LogP contribution is 2.12. The highest BCUT2D eigenvalue weighted by molar-refractivity contribution is 5.87. The number of ether oxygens (including phenoxy) is 1. The molecular formula is C12H19NO3. The molecule has 0 radical (unpaired) electrons. The van der Waals surface area contributed by atoms with Crippen molar-refractivity contribution in [2.75, 3.05) is 7.11 Å². The van der Waals surface area contributed by atoms with Gasteiger partial charge in [-0.2, -0.15) is 0 Å². The lowest BCUT2D eigenvalue weighted by atomic mass is 10.1. The standard InChI is InChI=1S/C12H19NO3/c1-4-10(5-2)13-8-9-6-7-16-11(9)12(14)15-3/h6-7,10,13H,4-5,8H2,1-3H3. The molecule has 0 amide bonds. The van der Waals surface area contributed by atoms with Gasteiger partial charge in [-0.15, -0.1) is 0 Å². The summed E-state index contributed by atoms with van der Waals surface area (Å²) in [5, 5.41) is 3.37. The van der Waals surface area contributed by atoms with Crippen molar-refractivity contribution in [2.45, 2.75) is 39.3 Å². The van der Waals surface area contributed by atoms with Crippen LogP contribution in [-0.4, -0.2) is 19.1 Å². The summed E-state index contributed by atoms with van der Waals surface area (Å²) < 4.78 is 9.74. The molecule has 4 nitrogen and oxygen atoms in total. The number of furan rings is 1. The zero-order chi connectivity index (χ0) is 12.0. The van der Waals surface area contributed by atoms with Gasteiger partial charge in [0.25, 0.3) is 0 Å². The first-order chi connectivity index (χ1) is 7.72. The second-order valence-corrected chi connectivity index (χ2v) is 3.66. The van der Waals surface area contributed by atoms with Gasteiger partial charge in [0, 0.05) is 18.2 Å². The van der Waals surface area contributed by atoms with Gasteiger partial charge in [0.05, 0.1) is 13.4 Å². The Hall–Kier alpha value is -1.29. The average Bonchev–Trinajstić information content (AvgIpc) is 2.77. The van der Waals surface area contributed by atoms with Crippen LogP contribution in [0.2, 0.25) is 0 Å². The number of carbonyl (C=O) groups excluding carboxylic acids is 1. The van der Waals surface area contributed by atoms with E-state index < -0.39 is 5.97 Å². The number of rotatable bonds is 6. The second kappa shape index (κ2) is 6.33. The molecule has 0 aliphatic carbocycles. The van der Waals surface area contributed by atoms with Gasteiger partial charge in [-0.3, -0.25) is 0 Å². The van der Waals surface area contributed by atoms with Crippen LogP contribution in [0.15, 0.2) is 16.7 Å². The Kier molecular flexibility index (Phi) is 5.05. The first-order valence-electron chi connectivity index (χ1n) is 5.60. The van der Waals surface area contributed by atoms with Gasteiger partial charge < -0.3 is 14.5 Å². The van der Waals surface area contributed by atoms with Crippen LogP contribution >= 0.6 is 0 Å². The van der Waals surface area contributed by atoms with E-state index in [9.17, 15) is 4.79 Å². The molecule has 0 bridgehead atoms. The van der Waals surface area contributed by atoms with E-state index in [1.807, 2.05) is 0 Å². The van der Waals surface area contributed by atoms with E-state index >= 15 is 0 Å². The van der Waals surface area contributed by atoms with Gasteiger partial charge in [0.1, 0.15) is 0 Å². The van der Waals surface area contributed by atoms with Crippen molar-refractivity contribution in [3.63, 3.8) is 0 Å². The lowest BCUT2D eigenvalue weighted by molar-refractivity contribution is 0.0563. The van der Waals surface area contributed by atoms with Gasteiger partial charge >= 0.3 is 5.97 Å². The summed E-state index contributed by atoms with van der Waals surface area (Å²) in [5.41, 5.74) is 0.846. The van der Waals surface area contributed by atoms with Crippen LogP contribution in [0.4, 0.5) is 0 Å². The molecule has 1 aromatic rings. The SMILES string of the molecule is CCC(CC)NCc1ccoc1C(=O)OC. The van der Waals surface area contributed by atoms with Crippen LogP contribution < -0.4 is 5.32 Å². The summed E-state index contributed by atoms with van der Waals surface area (Å²) in [4.78, 5) is 11.3. The fourth-order valence-electron chi connectivity index (χ4n) is 1.58. The summed E-state index contributed by atoms with van der Waals surface area (Å²) in [6, 6.07) is 2.27. The average molecular weight is 225 g/mol. The Morgan fingerprint density at radius 1 is 1.50 bits per heavy atom. The summed E-state index contributed by atoms with van der Waals surface area (Å²) in [5.74, 6) is -0.132. The van der Waals surface area contributed by atoms with Crippen molar-refractivity contribution in [1.29, 1.82) is 0 Å². The van der Waals surface area contributed by atoms with Crippen molar-refractivity contribution >= 4 is 5.97 Å². The second-order valence-electron chi connectivity index (χ2n) is 3.66. The predicted molar refractivity (Wildman–Crippen MR) is 61.3 cm³/mol. The fraction of sp³-hybridized carbons (Fsp3) is 0.583. The smallest absolute Gasteiger partial charge is 0.374 e. The van der Waals surface area contributed by atoms with Crippen LogP contribution in [0.25, 0.3) is 0 Å². The van der Waals surface area contributed by atoms with E-state index in [-0.39, 0.29) is 0 Å². The van der Waals surface area contributed by atoms with Crippen molar-refractivity contribution < 1.29 is 13.9 Å². The van der Waals surface area contributed by atoms with E-state index in [0.717, 1.165) is 18.4 Å². The van der Waals surface area contributed by atoms with Crippen LogP contribution in [0.5, 0.6) is 0 Å². The number of hydrogen-bond acceptors (Lipinski definition) is 4. The molecular weight excluding hydrogens is 206 g/mol. The molecule has 4 heteroatoms. The molecule has 1 N–H and O–H groups in total. The first kappa shape index (κ1) is 12.8. The predicted octanol–water partition coefficient (Wildman–Crippen LogP) is 2.34. The Bertz CT molecular complexity index is 329. The lowest BCUT2D eigenvalue weighted by Gasteiger charge is -2.13. The number of esters is 1. The molecule has 0 atom stereocenters. The van der Waals surface area contributed by atoms with Crippen LogP contribution in [0, 0.1) is 0 Å². The molecule has 0 aliphatic rings. The number of hydrogen-bond donors (Lipinski definition) is 1. The van der Waals surface area contributed by atoms with Crippen molar-refractivity contribution in [2.24, 2.45) is 0 Å². The third-order valence-electron chi connectivity index (χ3n) is 2.68. The summed E-state index contributed by atoms with van der Waals surface area (Å²) in [7, 11) is 1.35. The molecule has 1 aromatic heterocycles. The molecule has 0 aromatic carbocycles. The van der Waals surface area contributed by atoms with E-state index in [2.05, 4.69) is 23.9 Å². The Morgan fingerprint density at radius 3 is 2.75 bits per heavy atom. The van der Waals surface area contributed by atoms with Crippen molar-refractivity contribution in [1.82, 2.24) is 5.32 Å². The number of nitrogens with one attached hydrogen (secondary N) is 1.